The van der Waals surface area contributed by atoms with E-state index in [0.29, 0.717) is 13.0 Å². The van der Waals surface area contributed by atoms with Gasteiger partial charge in [-0.05, 0) is 93.3 Å². The summed E-state index contributed by atoms with van der Waals surface area (Å²) in [6, 6.07) is 6.23. The van der Waals surface area contributed by atoms with Gasteiger partial charge in [0.05, 0.1) is 29.3 Å². The van der Waals surface area contributed by atoms with Gasteiger partial charge in [-0.3, -0.25) is 9.69 Å². The number of alkyl halides is 3. The lowest BCUT2D eigenvalue weighted by Crippen LogP contribution is -2.59. The molecule has 1 saturated carbocycles. The number of hydrogen-bond donors (Lipinski definition) is 1. The number of carbonyl (C=O) groups is 2. The second-order valence-electron chi connectivity index (χ2n) is 11.7. The van der Waals surface area contributed by atoms with E-state index in [1.54, 1.807) is 6.07 Å². The fourth-order valence-corrected chi connectivity index (χ4v) is 7.02. The first-order valence-electron chi connectivity index (χ1n) is 14.2. The first-order valence-corrected chi connectivity index (χ1v) is 14.6. The van der Waals surface area contributed by atoms with Gasteiger partial charge in [0.25, 0.3) is 5.91 Å². The molecule has 0 spiro atoms. The number of rotatable bonds is 5. The molecule has 0 radical (unpaired) electrons. The van der Waals surface area contributed by atoms with Crippen molar-refractivity contribution in [2.24, 2.45) is 5.92 Å². The van der Waals surface area contributed by atoms with Crippen LogP contribution in [-0.4, -0.2) is 64.9 Å². The third-order valence-corrected chi connectivity index (χ3v) is 9.46. The Labute approximate surface area is 245 Å². The minimum absolute atomic E-state index is 0.0421. The normalized spacial score (nSPS) is 25.5. The van der Waals surface area contributed by atoms with Crippen molar-refractivity contribution in [3.05, 3.63) is 63.4 Å². The molecule has 1 aliphatic carbocycles. The van der Waals surface area contributed by atoms with E-state index in [2.05, 4.69) is 4.90 Å². The van der Waals surface area contributed by atoms with E-state index in [1.165, 1.54) is 17.0 Å². The van der Waals surface area contributed by atoms with E-state index in [-0.39, 0.29) is 59.0 Å². The van der Waals surface area contributed by atoms with E-state index in [9.17, 15) is 32.3 Å². The molecule has 7 nitrogen and oxygen atoms in total. The molecule has 12 heteroatoms. The Hall–Kier alpha value is -2.89. The van der Waals surface area contributed by atoms with E-state index in [4.69, 9.17) is 21.1 Å². The average Bonchev–Trinajstić information content (AvgIpc) is 3.83. The van der Waals surface area contributed by atoms with Gasteiger partial charge < -0.3 is 19.5 Å². The summed E-state index contributed by atoms with van der Waals surface area (Å²) in [5, 5.41) is 9.13. The summed E-state index contributed by atoms with van der Waals surface area (Å²) in [6.45, 7) is 1.74. The monoisotopic (exact) mass is 610 g/mol. The Morgan fingerprint density at radius 2 is 1.79 bits per heavy atom. The lowest BCUT2D eigenvalue weighted by atomic mass is 9.84. The SMILES string of the molecule is O=C(O)c1cc(C2CCN(C3CC[C@@](C(=O)N4COc5c(Cl)cc(C(F)(F)F)cc5C4)(C4CC4)OC3)CC2)ccc1F. The molecular formula is C30H31ClF4N2O5. The number of halogens is 5. The van der Waals surface area contributed by atoms with Gasteiger partial charge in [-0.15, -0.1) is 0 Å². The fourth-order valence-electron chi connectivity index (χ4n) is 6.73. The standard InChI is InChI=1S/C30H31ClF4N2O5/c31-24-13-21(30(33,34)35)11-19-14-37(16-41-26(19)24)28(40)29(20-2-3-20)8-5-22(15-42-29)36-9-6-17(7-10-36)18-1-4-25(32)23(12-18)27(38)39/h1,4,11-13,17,20,22H,2-3,5-10,14-16H2,(H,38,39)/t22?,29-/m0/s1. The summed E-state index contributed by atoms with van der Waals surface area (Å²) < 4.78 is 66.1. The van der Waals surface area contributed by atoms with Crippen molar-refractivity contribution in [3.8, 4) is 5.75 Å². The highest BCUT2D eigenvalue weighted by atomic mass is 35.5. The number of aromatic carboxylic acids is 1. The predicted octanol–water partition coefficient (Wildman–Crippen LogP) is 6.08. The molecule has 4 aliphatic rings. The van der Waals surface area contributed by atoms with Gasteiger partial charge in [0.2, 0.25) is 0 Å². The molecule has 3 aliphatic heterocycles. The molecule has 2 atom stereocenters. The number of amides is 1. The van der Waals surface area contributed by atoms with Crippen molar-refractivity contribution in [2.75, 3.05) is 26.4 Å². The molecule has 2 aromatic rings. The van der Waals surface area contributed by atoms with Crippen LogP contribution in [0.1, 0.15) is 71.5 Å². The van der Waals surface area contributed by atoms with Gasteiger partial charge in [0, 0.05) is 11.6 Å². The number of ether oxygens (including phenoxy) is 2. The van der Waals surface area contributed by atoms with E-state index in [0.717, 1.165) is 62.9 Å². The number of hydrogen-bond acceptors (Lipinski definition) is 5. The van der Waals surface area contributed by atoms with Gasteiger partial charge in [-0.25, -0.2) is 9.18 Å². The van der Waals surface area contributed by atoms with Gasteiger partial charge in [0.1, 0.15) is 17.2 Å². The van der Waals surface area contributed by atoms with Crippen LogP contribution in [0.15, 0.2) is 30.3 Å². The summed E-state index contributed by atoms with van der Waals surface area (Å²) in [5.74, 6) is -1.93. The van der Waals surface area contributed by atoms with Crippen LogP contribution < -0.4 is 4.74 Å². The van der Waals surface area contributed by atoms with Crippen LogP contribution in [0.4, 0.5) is 17.6 Å². The van der Waals surface area contributed by atoms with Gasteiger partial charge in [-0.1, -0.05) is 17.7 Å². The second kappa shape index (κ2) is 11.0. The molecular weight excluding hydrogens is 580 g/mol. The minimum Gasteiger partial charge on any atom is -0.478 e. The molecule has 1 amide bonds. The van der Waals surface area contributed by atoms with Crippen molar-refractivity contribution in [2.45, 2.75) is 68.8 Å². The fraction of sp³-hybridized carbons (Fsp3) is 0.533. The zero-order chi connectivity index (χ0) is 29.8. The molecule has 3 fully saturated rings. The van der Waals surface area contributed by atoms with Crippen LogP contribution in [0.25, 0.3) is 0 Å². The molecule has 1 N–H and O–H groups in total. The van der Waals surface area contributed by atoms with Crippen LogP contribution in [0.2, 0.25) is 5.02 Å². The number of likely N-dealkylation sites (tertiary alicyclic amines) is 1. The first kappa shape index (κ1) is 29.2. The Morgan fingerprint density at radius 3 is 2.40 bits per heavy atom. The maximum absolute atomic E-state index is 13.9. The number of benzene rings is 2. The van der Waals surface area contributed by atoms with E-state index in [1.807, 2.05) is 0 Å². The molecule has 2 aromatic carbocycles. The minimum atomic E-state index is -4.57. The molecule has 0 bridgehead atoms. The van der Waals surface area contributed by atoms with Crippen LogP contribution >= 0.6 is 11.6 Å². The number of carboxylic acids is 1. The predicted molar refractivity (Wildman–Crippen MR) is 144 cm³/mol. The highest BCUT2D eigenvalue weighted by Crippen LogP contribution is 2.49. The Kier molecular flexibility index (Phi) is 7.64. The van der Waals surface area contributed by atoms with Gasteiger partial charge in [0.15, 0.2) is 6.73 Å². The number of piperidine rings is 1. The molecule has 1 unspecified atom stereocenters. The van der Waals surface area contributed by atoms with Crippen molar-refractivity contribution < 1.29 is 41.7 Å². The topological polar surface area (TPSA) is 79.3 Å². The van der Waals surface area contributed by atoms with Crippen molar-refractivity contribution >= 4 is 23.5 Å². The molecule has 0 aromatic heterocycles. The molecule has 2 saturated heterocycles. The number of fused-ring (bicyclic) bond motifs is 1. The zero-order valence-corrected chi connectivity index (χ0v) is 23.5. The summed E-state index contributed by atoms with van der Waals surface area (Å²) in [6.07, 6.45) is -0.0334. The van der Waals surface area contributed by atoms with Crippen molar-refractivity contribution in [1.29, 1.82) is 0 Å². The summed E-state index contributed by atoms with van der Waals surface area (Å²) in [4.78, 5) is 29.0. The molecule has 6 rings (SSSR count). The summed E-state index contributed by atoms with van der Waals surface area (Å²) >= 11 is 6.08. The van der Waals surface area contributed by atoms with E-state index >= 15 is 0 Å². The van der Waals surface area contributed by atoms with Crippen LogP contribution in [0.3, 0.4) is 0 Å². The average molecular weight is 611 g/mol. The third-order valence-electron chi connectivity index (χ3n) is 9.18. The highest BCUT2D eigenvalue weighted by Gasteiger charge is 2.56. The maximum atomic E-state index is 13.9. The highest BCUT2D eigenvalue weighted by molar-refractivity contribution is 6.32. The Bertz CT molecular complexity index is 1380. The maximum Gasteiger partial charge on any atom is 0.416 e. The third kappa shape index (κ3) is 5.46. The number of carboxylic acid groups (broad SMARTS) is 1. The van der Waals surface area contributed by atoms with Crippen molar-refractivity contribution in [3.63, 3.8) is 0 Å². The van der Waals surface area contributed by atoms with Crippen molar-refractivity contribution in [1.82, 2.24) is 9.80 Å². The van der Waals surface area contributed by atoms with Crippen LogP contribution in [0.5, 0.6) is 5.75 Å². The lowest BCUT2D eigenvalue weighted by molar-refractivity contribution is -0.180. The molecule has 226 valence electrons. The number of nitrogens with zero attached hydrogens (tertiary/aromatic N) is 2. The second-order valence-corrected chi connectivity index (χ2v) is 12.1. The smallest absolute Gasteiger partial charge is 0.416 e. The largest absolute Gasteiger partial charge is 0.478 e. The van der Waals surface area contributed by atoms with Gasteiger partial charge >= 0.3 is 12.1 Å². The zero-order valence-electron chi connectivity index (χ0n) is 22.8. The van der Waals surface area contributed by atoms with Crippen LogP contribution in [0, 0.1) is 11.7 Å². The molecule has 3 heterocycles. The Morgan fingerprint density at radius 1 is 1.05 bits per heavy atom. The quantitative estimate of drug-likeness (QED) is 0.414. The van der Waals surface area contributed by atoms with Gasteiger partial charge in [-0.2, -0.15) is 13.2 Å². The van der Waals surface area contributed by atoms with Crippen LogP contribution in [-0.2, 0) is 22.3 Å². The molecule has 42 heavy (non-hydrogen) atoms. The lowest BCUT2D eigenvalue weighted by Gasteiger charge is -2.46. The Balaban J connectivity index is 1.10. The van der Waals surface area contributed by atoms with E-state index < -0.39 is 29.1 Å². The first-order chi connectivity index (χ1) is 20.0. The number of carbonyl (C=O) groups excluding carboxylic acids is 1. The summed E-state index contributed by atoms with van der Waals surface area (Å²) in [7, 11) is 0. The summed E-state index contributed by atoms with van der Waals surface area (Å²) in [5.41, 5.74) is -1.19.